The molecule has 2 aliphatic rings. The summed E-state index contributed by atoms with van der Waals surface area (Å²) < 4.78 is 0. The first kappa shape index (κ1) is 15.1. The average Bonchev–Trinajstić information content (AvgIpc) is 2.64. The van der Waals surface area contributed by atoms with Crippen molar-refractivity contribution in [1.29, 1.82) is 0 Å². The van der Waals surface area contributed by atoms with Gasteiger partial charge in [0.15, 0.2) is 0 Å². The van der Waals surface area contributed by atoms with Gasteiger partial charge in [0.25, 0.3) is 0 Å². The van der Waals surface area contributed by atoms with E-state index in [4.69, 9.17) is 0 Å². The van der Waals surface area contributed by atoms with Crippen LogP contribution in [-0.2, 0) is 0 Å². The predicted octanol–water partition coefficient (Wildman–Crippen LogP) is 4.17. The second-order valence-electron chi connectivity index (χ2n) is 5.98. The summed E-state index contributed by atoms with van der Waals surface area (Å²) in [4.78, 5) is 0. The highest BCUT2D eigenvalue weighted by molar-refractivity contribution is 8.07. The van der Waals surface area contributed by atoms with E-state index in [1.165, 1.54) is 44.3 Å². The molecule has 1 N–H and O–H groups in total. The smallest absolute Gasteiger partial charge is 0.0297 e. The van der Waals surface area contributed by atoms with E-state index in [1.807, 2.05) is 0 Å². The first-order valence-corrected chi connectivity index (χ1v) is 9.66. The van der Waals surface area contributed by atoms with Gasteiger partial charge in [-0.25, -0.2) is 0 Å². The van der Waals surface area contributed by atoms with Gasteiger partial charge in [-0.3, -0.25) is 0 Å². The standard InChI is InChI=1S/C15H29NS2/c1-11-12(2)18-14(10-17-11)15(16-3)13-8-6-4-5-7-9-13/h11-16H,4-10H2,1-3H3. The fourth-order valence-electron chi connectivity index (χ4n) is 3.39. The molecule has 0 aromatic heterocycles. The van der Waals surface area contributed by atoms with Crippen molar-refractivity contribution in [2.24, 2.45) is 5.92 Å². The summed E-state index contributed by atoms with van der Waals surface area (Å²) in [5.74, 6) is 2.27. The SMILES string of the molecule is CNC(C1CCCCCC1)C1CSC(C)C(C)S1. The molecule has 1 heterocycles. The molecule has 0 amide bonds. The molecular weight excluding hydrogens is 258 g/mol. The van der Waals surface area contributed by atoms with E-state index in [0.29, 0.717) is 0 Å². The van der Waals surface area contributed by atoms with E-state index in [1.54, 1.807) is 0 Å². The Morgan fingerprint density at radius 3 is 2.22 bits per heavy atom. The third-order valence-electron chi connectivity index (χ3n) is 4.72. The monoisotopic (exact) mass is 287 g/mol. The van der Waals surface area contributed by atoms with Crippen LogP contribution in [0.25, 0.3) is 0 Å². The van der Waals surface area contributed by atoms with Crippen LogP contribution in [0.15, 0.2) is 0 Å². The van der Waals surface area contributed by atoms with Crippen molar-refractivity contribution >= 4 is 23.5 Å². The molecule has 4 atom stereocenters. The summed E-state index contributed by atoms with van der Waals surface area (Å²) in [5.41, 5.74) is 0. The van der Waals surface area contributed by atoms with E-state index in [-0.39, 0.29) is 0 Å². The number of thioether (sulfide) groups is 2. The van der Waals surface area contributed by atoms with Gasteiger partial charge < -0.3 is 5.32 Å². The average molecular weight is 288 g/mol. The van der Waals surface area contributed by atoms with Crippen molar-refractivity contribution in [2.75, 3.05) is 12.8 Å². The van der Waals surface area contributed by atoms with Gasteiger partial charge in [0.2, 0.25) is 0 Å². The third kappa shape index (κ3) is 3.83. The van der Waals surface area contributed by atoms with Gasteiger partial charge in [-0.15, -0.1) is 0 Å². The van der Waals surface area contributed by atoms with Crippen LogP contribution in [0.2, 0.25) is 0 Å². The Hall–Kier alpha value is 0.660. The number of nitrogens with one attached hydrogen (secondary N) is 1. The molecule has 0 aromatic carbocycles. The lowest BCUT2D eigenvalue weighted by molar-refractivity contribution is 0.333. The first-order chi connectivity index (χ1) is 8.72. The zero-order valence-electron chi connectivity index (χ0n) is 12.2. The highest BCUT2D eigenvalue weighted by atomic mass is 32.2. The molecule has 1 nitrogen and oxygen atoms in total. The maximum Gasteiger partial charge on any atom is 0.0297 e. The fourth-order valence-corrected chi connectivity index (χ4v) is 6.64. The maximum absolute atomic E-state index is 3.67. The molecule has 2 fully saturated rings. The summed E-state index contributed by atoms with van der Waals surface area (Å²) in [6, 6.07) is 0.746. The van der Waals surface area contributed by atoms with Gasteiger partial charge in [0.05, 0.1) is 0 Å². The quantitative estimate of drug-likeness (QED) is 0.782. The van der Waals surface area contributed by atoms with Gasteiger partial charge in [-0.2, -0.15) is 23.5 Å². The molecule has 0 aromatic rings. The first-order valence-electron chi connectivity index (χ1n) is 7.66. The lowest BCUT2D eigenvalue weighted by atomic mass is 9.90. The summed E-state index contributed by atoms with van der Waals surface area (Å²) in [6.07, 6.45) is 8.76. The number of rotatable bonds is 3. The summed E-state index contributed by atoms with van der Waals surface area (Å²) >= 11 is 4.43. The highest BCUT2D eigenvalue weighted by Gasteiger charge is 2.34. The number of hydrogen-bond acceptors (Lipinski definition) is 3. The van der Waals surface area contributed by atoms with E-state index in [2.05, 4.69) is 49.7 Å². The number of hydrogen-bond donors (Lipinski definition) is 1. The lowest BCUT2D eigenvalue weighted by Gasteiger charge is -2.39. The summed E-state index contributed by atoms with van der Waals surface area (Å²) in [5, 5.41) is 6.15. The van der Waals surface area contributed by atoms with Crippen molar-refractivity contribution in [3.05, 3.63) is 0 Å². The zero-order chi connectivity index (χ0) is 13.0. The van der Waals surface area contributed by atoms with Crippen molar-refractivity contribution in [3.8, 4) is 0 Å². The molecule has 1 saturated carbocycles. The molecule has 1 saturated heterocycles. The largest absolute Gasteiger partial charge is 0.316 e. The van der Waals surface area contributed by atoms with Gasteiger partial charge >= 0.3 is 0 Å². The Labute approximate surface area is 122 Å². The zero-order valence-corrected chi connectivity index (χ0v) is 13.8. The molecule has 1 aliphatic carbocycles. The van der Waals surface area contributed by atoms with Crippen LogP contribution in [0.5, 0.6) is 0 Å². The fraction of sp³-hybridized carbons (Fsp3) is 1.00. The highest BCUT2D eigenvalue weighted by Crippen LogP contribution is 2.40. The van der Waals surface area contributed by atoms with Crippen LogP contribution in [0.3, 0.4) is 0 Å². The molecule has 4 unspecified atom stereocenters. The van der Waals surface area contributed by atoms with Crippen molar-refractivity contribution < 1.29 is 0 Å². The third-order valence-corrected chi connectivity index (χ3v) is 8.23. The molecule has 18 heavy (non-hydrogen) atoms. The predicted molar refractivity (Wildman–Crippen MR) is 86.8 cm³/mol. The van der Waals surface area contributed by atoms with Crippen molar-refractivity contribution in [3.63, 3.8) is 0 Å². The van der Waals surface area contributed by atoms with E-state index in [0.717, 1.165) is 27.7 Å². The Morgan fingerprint density at radius 2 is 1.67 bits per heavy atom. The van der Waals surface area contributed by atoms with Gasteiger partial charge in [0.1, 0.15) is 0 Å². The minimum Gasteiger partial charge on any atom is -0.316 e. The van der Waals surface area contributed by atoms with Gasteiger partial charge in [-0.05, 0) is 25.8 Å². The van der Waals surface area contributed by atoms with Crippen LogP contribution in [0.4, 0.5) is 0 Å². The van der Waals surface area contributed by atoms with Crippen LogP contribution in [-0.4, -0.2) is 34.6 Å². The maximum atomic E-state index is 3.67. The second-order valence-corrected chi connectivity index (χ2v) is 9.02. The van der Waals surface area contributed by atoms with E-state index < -0.39 is 0 Å². The normalized spacial score (nSPS) is 37.2. The molecule has 0 bridgehead atoms. The Balaban J connectivity index is 1.94. The molecular formula is C15H29NS2. The summed E-state index contributed by atoms with van der Waals surface area (Å²) in [7, 11) is 2.18. The van der Waals surface area contributed by atoms with Gasteiger partial charge in [-0.1, -0.05) is 39.5 Å². The molecule has 106 valence electrons. The Bertz CT molecular complexity index is 239. The van der Waals surface area contributed by atoms with Crippen molar-refractivity contribution in [2.45, 2.75) is 74.2 Å². The molecule has 1 aliphatic heterocycles. The van der Waals surface area contributed by atoms with Crippen LogP contribution in [0, 0.1) is 5.92 Å². The van der Waals surface area contributed by atoms with Gasteiger partial charge in [0, 0.05) is 27.5 Å². The van der Waals surface area contributed by atoms with E-state index in [9.17, 15) is 0 Å². The summed E-state index contributed by atoms with van der Waals surface area (Å²) in [6.45, 7) is 4.80. The molecule has 3 heteroatoms. The van der Waals surface area contributed by atoms with Crippen molar-refractivity contribution in [1.82, 2.24) is 5.32 Å². The Kier molecular flexibility index (Phi) is 6.23. The second kappa shape index (κ2) is 7.44. The Morgan fingerprint density at radius 1 is 1.00 bits per heavy atom. The minimum atomic E-state index is 0.746. The van der Waals surface area contributed by atoms with E-state index >= 15 is 0 Å². The van der Waals surface area contributed by atoms with Crippen LogP contribution < -0.4 is 5.32 Å². The topological polar surface area (TPSA) is 12.0 Å². The molecule has 0 radical (unpaired) electrons. The van der Waals surface area contributed by atoms with Crippen LogP contribution in [0.1, 0.15) is 52.4 Å². The molecule has 0 spiro atoms. The minimum absolute atomic E-state index is 0.746. The molecule has 2 rings (SSSR count). The van der Waals surface area contributed by atoms with Crippen LogP contribution >= 0.6 is 23.5 Å². The lowest BCUT2D eigenvalue weighted by Crippen LogP contribution is -2.46.